The first kappa shape index (κ1) is 14.4. The van der Waals surface area contributed by atoms with E-state index in [0.29, 0.717) is 11.6 Å². The zero-order chi connectivity index (χ0) is 15.9. The molecule has 22 heavy (non-hydrogen) atoms. The van der Waals surface area contributed by atoms with E-state index in [9.17, 15) is 18.0 Å². The molecule has 2 nitrogen and oxygen atoms in total. The number of hydrogen-bond acceptors (Lipinski definition) is 2. The first-order valence-electron chi connectivity index (χ1n) is 6.58. The molecule has 1 saturated heterocycles. The second kappa shape index (κ2) is 5.33. The molecule has 0 bridgehead atoms. The van der Waals surface area contributed by atoms with E-state index in [1.165, 1.54) is 0 Å². The summed E-state index contributed by atoms with van der Waals surface area (Å²) in [6.07, 6.45) is -1.07. The number of halogens is 3. The predicted molar refractivity (Wildman–Crippen MR) is 73.5 cm³/mol. The lowest BCUT2D eigenvalue weighted by Gasteiger charge is -2.19. The van der Waals surface area contributed by atoms with Gasteiger partial charge in [-0.2, -0.15) is 0 Å². The molecular weight excluding hydrogens is 293 g/mol. The molecule has 0 saturated carbocycles. The molecular formula is C17H11F3O2. The number of rotatable bonds is 2. The zero-order valence-electron chi connectivity index (χ0n) is 11.4. The van der Waals surface area contributed by atoms with Gasteiger partial charge in [0, 0.05) is 17.2 Å². The van der Waals surface area contributed by atoms with Crippen molar-refractivity contribution in [2.24, 2.45) is 0 Å². The van der Waals surface area contributed by atoms with Crippen molar-refractivity contribution in [3.63, 3.8) is 0 Å². The molecule has 1 heterocycles. The molecule has 0 aliphatic carbocycles. The highest BCUT2D eigenvalue weighted by Crippen LogP contribution is 2.45. The smallest absolute Gasteiger partial charge is 0.334 e. The lowest BCUT2D eigenvalue weighted by molar-refractivity contribution is -0.139. The molecule has 3 rings (SSSR count). The van der Waals surface area contributed by atoms with Crippen LogP contribution < -0.4 is 0 Å². The predicted octanol–water partition coefficient (Wildman–Crippen LogP) is 4.04. The van der Waals surface area contributed by atoms with E-state index >= 15 is 0 Å². The van der Waals surface area contributed by atoms with Crippen molar-refractivity contribution in [3.8, 4) is 0 Å². The molecule has 2 aromatic carbocycles. The number of ether oxygens (including phenoxy) is 1. The van der Waals surface area contributed by atoms with E-state index in [1.807, 2.05) is 0 Å². The van der Waals surface area contributed by atoms with Crippen LogP contribution in [0.5, 0.6) is 0 Å². The summed E-state index contributed by atoms with van der Waals surface area (Å²) in [7, 11) is 0. The standard InChI is InChI=1S/C17H11F3O2/c1-9-15(10-5-3-2-4-6-10)16(22-17(9)21)11-7-13(19)14(20)8-12(11)18/h2-8,15-16H,1H2/t15-,16+/m0/s1. The monoisotopic (exact) mass is 304 g/mol. The van der Waals surface area contributed by atoms with Gasteiger partial charge in [-0.1, -0.05) is 36.9 Å². The molecule has 1 aliphatic heterocycles. The third-order valence-corrected chi connectivity index (χ3v) is 3.68. The first-order chi connectivity index (χ1) is 10.5. The van der Waals surface area contributed by atoms with Crippen molar-refractivity contribution >= 4 is 5.97 Å². The van der Waals surface area contributed by atoms with Crippen molar-refractivity contribution in [1.82, 2.24) is 0 Å². The van der Waals surface area contributed by atoms with Gasteiger partial charge in [-0.15, -0.1) is 0 Å². The molecule has 5 heteroatoms. The second-order valence-corrected chi connectivity index (χ2v) is 5.03. The molecule has 0 unspecified atom stereocenters. The fraction of sp³-hybridized carbons (Fsp3) is 0.118. The lowest BCUT2D eigenvalue weighted by atomic mass is 9.86. The van der Waals surface area contributed by atoms with Crippen molar-refractivity contribution in [2.45, 2.75) is 12.0 Å². The van der Waals surface area contributed by atoms with Crippen LogP contribution in [0.1, 0.15) is 23.1 Å². The molecule has 2 aromatic rings. The van der Waals surface area contributed by atoms with E-state index in [0.717, 1.165) is 6.07 Å². The van der Waals surface area contributed by atoms with E-state index in [4.69, 9.17) is 4.74 Å². The Labute approximate surface area is 124 Å². The topological polar surface area (TPSA) is 26.3 Å². The van der Waals surface area contributed by atoms with Gasteiger partial charge in [0.25, 0.3) is 0 Å². The minimum Gasteiger partial charge on any atom is -0.453 e. The van der Waals surface area contributed by atoms with Crippen LogP contribution in [0.15, 0.2) is 54.6 Å². The molecule has 2 atom stereocenters. The Bertz CT molecular complexity index is 756. The van der Waals surface area contributed by atoms with Crippen LogP contribution in [0.3, 0.4) is 0 Å². The third-order valence-electron chi connectivity index (χ3n) is 3.68. The Kier molecular flexibility index (Phi) is 3.48. The van der Waals surface area contributed by atoms with Crippen LogP contribution in [0.2, 0.25) is 0 Å². The van der Waals surface area contributed by atoms with Crippen molar-refractivity contribution < 1.29 is 22.7 Å². The van der Waals surface area contributed by atoms with E-state index in [-0.39, 0.29) is 11.1 Å². The SMILES string of the molecule is C=C1C(=O)O[C@H](c2cc(F)c(F)cc2F)[C@@H]1c1ccccc1. The summed E-state index contributed by atoms with van der Waals surface area (Å²) in [5, 5.41) is 0. The Morgan fingerprint density at radius 1 is 0.955 bits per heavy atom. The number of hydrogen-bond donors (Lipinski definition) is 0. The van der Waals surface area contributed by atoms with Gasteiger partial charge in [0.15, 0.2) is 11.6 Å². The van der Waals surface area contributed by atoms with Crippen LogP contribution >= 0.6 is 0 Å². The fourth-order valence-corrected chi connectivity index (χ4v) is 2.60. The molecule has 0 radical (unpaired) electrons. The van der Waals surface area contributed by atoms with Gasteiger partial charge in [-0.25, -0.2) is 18.0 Å². The molecule has 112 valence electrons. The minimum absolute atomic E-state index is 0.153. The Balaban J connectivity index is 2.11. The molecule has 0 N–H and O–H groups in total. The Morgan fingerprint density at radius 2 is 1.59 bits per heavy atom. The second-order valence-electron chi connectivity index (χ2n) is 5.03. The number of carbonyl (C=O) groups excluding carboxylic acids is 1. The fourth-order valence-electron chi connectivity index (χ4n) is 2.60. The summed E-state index contributed by atoms with van der Waals surface area (Å²) in [6.45, 7) is 3.67. The van der Waals surface area contributed by atoms with E-state index in [2.05, 4.69) is 6.58 Å². The van der Waals surface area contributed by atoms with Crippen molar-refractivity contribution in [1.29, 1.82) is 0 Å². The van der Waals surface area contributed by atoms with Gasteiger partial charge in [-0.05, 0) is 11.6 Å². The largest absolute Gasteiger partial charge is 0.453 e. The average molecular weight is 304 g/mol. The maximum Gasteiger partial charge on any atom is 0.334 e. The zero-order valence-corrected chi connectivity index (χ0v) is 11.4. The van der Waals surface area contributed by atoms with Gasteiger partial charge >= 0.3 is 5.97 Å². The maximum atomic E-state index is 14.0. The van der Waals surface area contributed by atoms with Crippen LogP contribution in [0.4, 0.5) is 13.2 Å². The molecule has 0 aromatic heterocycles. The molecule has 1 fully saturated rings. The first-order valence-corrected chi connectivity index (χ1v) is 6.58. The highest BCUT2D eigenvalue weighted by Gasteiger charge is 2.42. The molecule has 0 spiro atoms. The van der Waals surface area contributed by atoms with Gasteiger partial charge in [0.1, 0.15) is 11.9 Å². The van der Waals surface area contributed by atoms with E-state index in [1.54, 1.807) is 30.3 Å². The Morgan fingerprint density at radius 3 is 2.27 bits per heavy atom. The van der Waals surface area contributed by atoms with Crippen molar-refractivity contribution in [2.75, 3.05) is 0 Å². The number of carbonyl (C=O) groups is 1. The van der Waals surface area contributed by atoms with E-state index < -0.39 is 35.4 Å². The number of esters is 1. The highest BCUT2D eigenvalue weighted by atomic mass is 19.2. The minimum atomic E-state index is -1.29. The van der Waals surface area contributed by atoms with Crippen LogP contribution in [-0.4, -0.2) is 5.97 Å². The molecule has 1 aliphatic rings. The molecule has 0 amide bonds. The quantitative estimate of drug-likeness (QED) is 0.475. The van der Waals surface area contributed by atoms with Gasteiger partial charge < -0.3 is 4.74 Å². The summed E-state index contributed by atoms with van der Waals surface area (Å²) >= 11 is 0. The summed E-state index contributed by atoms with van der Waals surface area (Å²) < 4.78 is 45.6. The number of cyclic esters (lactones) is 1. The summed E-state index contributed by atoms with van der Waals surface area (Å²) in [6, 6.07) is 9.94. The van der Waals surface area contributed by atoms with Gasteiger partial charge in [-0.3, -0.25) is 0 Å². The lowest BCUT2D eigenvalue weighted by Crippen LogP contribution is -2.10. The summed E-state index contributed by atoms with van der Waals surface area (Å²) in [5.41, 5.74) is 0.632. The highest BCUT2D eigenvalue weighted by molar-refractivity contribution is 5.92. The van der Waals surface area contributed by atoms with Gasteiger partial charge in [0.05, 0.1) is 5.92 Å². The summed E-state index contributed by atoms with van der Waals surface area (Å²) in [5.74, 6) is -4.78. The number of benzene rings is 2. The van der Waals surface area contributed by atoms with Crippen molar-refractivity contribution in [3.05, 3.63) is 83.2 Å². The van der Waals surface area contributed by atoms with Crippen LogP contribution in [0.25, 0.3) is 0 Å². The van der Waals surface area contributed by atoms with Crippen LogP contribution in [-0.2, 0) is 9.53 Å². The Hall–Kier alpha value is -2.56. The normalized spacial score (nSPS) is 21.0. The van der Waals surface area contributed by atoms with Crippen LogP contribution in [0, 0.1) is 17.5 Å². The summed E-state index contributed by atoms with van der Waals surface area (Å²) in [4.78, 5) is 11.8. The van der Waals surface area contributed by atoms with Gasteiger partial charge in [0.2, 0.25) is 0 Å². The average Bonchev–Trinajstić information content (AvgIpc) is 2.79. The maximum absolute atomic E-state index is 14.0. The third kappa shape index (κ3) is 2.28.